The highest BCUT2D eigenvalue weighted by Gasteiger charge is 2.09. The summed E-state index contributed by atoms with van der Waals surface area (Å²) in [5, 5.41) is 0. The van der Waals surface area contributed by atoms with Crippen LogP contribution in [0.3, 0.4) is 0 Å². The van der Waals surface area contributed by atoms with Crippen molar-refractivity contribution in [1.29, 1.82) is 0 Å². The van der Waals surface area contributed by atoms with E-state index < -0.39 is 0 Å². The van der Waals surface area contributed by atoms with Crippen LogP contribution < -0.4 is 0 Å². The standard InChI is InChI=1S/C10H20/c1-6-10(7-2)9(5)8(3)4/h6,8-9H,7H2,1-5H3. The van der Waals surface area contributed by atoms with Gasteiger partial charge in [0.05, 0.1) is 0 Å². The Morgan fingerprint density at radius 3 is 1.90 bits per heavy atom. The van der Waals surface area contributed by atoms with Crippen LogP contribution in [0, 0.1) is 11.8 Å². The zero-order valence-corrected chi connectivity index (χ0v) is 7.94. The number of rotatable bonds is 3. The summed E-state index contributed by atoms with van der Waals surface area (Å²) in [5.74, 6) is 1.54. The van der Waals surface area contributed by atoms with Gasteiger partial charge in [-0.25, -0.2) is 0 Å². The van der Waals surface area contributed by atoms with E-state index >= 15 is 0 Å². The maximum absolute atomic E-state index is 2.31. The average molecular weight is 140 g/mol. The van der Waals surface area contributed by atoms with Crippen molar-refractivity contribution < 1.29 is 0 Å². The molecule has 0 aliphatic heterocycles. The van der Waals surface area contributed by atoms with Crippen LogP contribution in [0.4, 0.5) is 0 Å². The van der Waals surface area contributed by atoms with E-state index in [4.69, 9.17) is 0 Å². The summed E-state index contributed by atoms with van der Waals surface area (Å²) in [6.07, 6.45) is 3.46. The van der Waals surface area contributed by atoms with Crippen LogP contribution in [0.25, 0.3) is 0 Å². The third-order valence-corrected chi connectivity index (χ3v) is 2.36. The molecule has 0 aliphatic carbocycles. The zero-order chi connectivity index (χ0) is 8.15. The molecule has 0 aromatic rings. The molecule has 0 fully saturated rings. The molecule has 0 heteroatoms. The first-order chi connectivity index (χ1) is 4.63. The zero-order valence-electron chi connectivity index (χ0n) is 7.94. The maximum Gasteiger partial charge on any atom is -0.0209 e. The molecule has 1 atom stereocenters. The lowest BCUT2D eigenvalue weighted by Crippen LogP contribution is -2.06. The molecule has 0 N–H and O–H groups in total. The van der Waals surface area contributed by atoms with E-state index in [1.165, 1.54) is 6.42 Å². The van der Waals surface area contributed by atoms with Crippen LogP contribution in [-0.2, 0) is 0 Å². The van der Waals surface area contributed by atoms with E-state index in [1.807, 2.05) is 0 Å². The Morgan fingerprint density at radius 2 is 1.80 bits per heavy atom. The van der Waals surface area contributed by atoms with Crippen LogP contribution in [0.15, 0.2) is 11.6 Å². The van der Waals surface area contributed by atoms with Gasteiger partial charge in [0.25, 0.3) is 0 Å². The molecule has 0 bridgehead atoms. The van der Waals surface area contributed by atoms with Crippen LogP contribution >= 0.6 is 0 Å². The highest BCUT2D eigenvalue weighted by atomic mass is 14.1. The average Bonchev–Trinajstić information content (AvgIpc) is 1.90. The Kier molecular flexibility index (Phi) is 4.42. The second-order valence-corrected chi connectivity index (χ2v) is 3.25. The van der Waals surface area contributed by atoms with E-state index in [-0.39, 0.29) is 0 Å². The van der Waals surface area contributed by atoms with Crippen molar-refractivity contribution in [2.24, 2.45) is 11.8 Å². The molecule has 0 saturated heterocycles. The molecular formula is C10H20. The summed E-state index contributed by atoms with van der Waals surface area (Å²) in [6.45, 7) is 11.2. The first-order valence-electron chi connectivity index (χ1n) is 4.28. The molecule has 1 unspecified atom stereocenters. The maximum atomic E-state index is 2.31. The molecule has 0 aromatic carbocycles. The third-order valence-electron chi connectivity index (χ3n) is 2.36. The van der Waals surface area contributed by atoms with Crippen molar-refractivity contribution in [3.8, 4) is 0 Å². The Morgan fingerprint density at radius 1 is 1.30 bits per heavy atom. The predicted molar refractivity (Wildman–Crippen MR) is 48.1 cm³/mol. The number of allylic oxidation sites excluding steroid dienone is 2. The molecule has 0 heterocycles. The summed E-state index contributed by atoms with van der Waals surface area (Å²) in [5.41, 5.74) is 1.59. The molecular weight excluding hydrogens is 120 g/mol. The topological polar surface area (TPSA) is 0 Å². The molecule has 0 spiro atoms. The number of hydrogen-bond donors (Lipinski definition) is 0. The van der Waals surface area contributed by atoms with Gasteiger partial charge < -0.3 is 0 Å². The van der Waals surface area contributed by atoms with Crippen molar-refractivity contribution in [3.05, 3.63) is 11.6 Å². The minimum Gasteiger partial charge on any atom is -0.0882 e. The highest BCUT2D eigenvalue weighted by molar-refractivity contribution is 5.04. The van der Waals surface area contributed by atoms with Crippen molar-refractivity contribution in [2.75, 3.05) is 0 Å². The summed E-state index contributed by atoms with van der Waals surface area (Å²) in [7, 11) is 0. The van der Waals surface area contributed by atoms with Gasteiger partial charge in [-0.3, -0.25) is 0 Å². The number of hydrogen-bond acceptors (Lipinski definition) is 0. The Hall–Kier alpha value is -0.260. The summed E-state index contributed by atoms with van der Waals surface area (Å²) < 4.78 is 0. The smallest absolute Gasteiger partial charge is 0.0209 e. The van der Waals surface area contributed by atoms with E-state index in [0.29, 0.717) is 0 Å². The highest BCUT2D eigenvalue weighted by Crippen LogP contribution is 2.21. The van der Waals surface area contributed by atoms with E-state index in [2.05, 4.69) is 40.7 Å². The van der Waals surface area contributed by atoms with E-state index in [0.717, 1.165) is 11.8 Å². The van der Waals surface area contributed by atoms with Gasteiger partial charge in [0.1, 0.15) is 0 Å². The van der Waals surface area contributed by atoms with Crippen molar-refractivity contribution in [1.82, 2.24) is 0 Å². The van der Waals surface area contributed by atoms with Crippen molar-refractivity contribution >= 4 is 0 Å². The second-order valence-electron chi connectivity index (χ2n) is 3.25. The fraction of sp³-hybridized carbons (Fsp3) is 0.800. The summed E-state index contributed by atoms with van der Waals surface area (Å²) in [4.78, 5) is 0. The lowest BCUT2D eigenvalue weighted by Gasteiger charge is -2.17. The van der Waals surface area contributed by atoms with Crippen LogP contribution in [-0.4, -0.2) is 0 Å². The van der Waals surface area contributed by atoms with Crippen molar-refractivity contribution in [3.63, 3.8) is 0 Å². The second kappa shape index (κ2) is 4.54. The third kappa shape index (κ3) is 2.55. The fourth-order valence-electron chi connectivity index (χ4n) is 1.22. The SMILES string of the molecule is CC=C(CC)C(C)C(C)C. The van der Waals surface area contributed by atoms with Gasteiger partial charge in [-0.15, -0.1) is 0 Å². The van der Waals surface area contributed by atoms with Crippen LogP contribution in [0.5, 0.6) is 0 Å². The first-order valence-corrected chi connectivity index (χ1v) is 4.28. The van der Waals surface area contributed by atoms with Gasteiger partial charge in [0.2, 0.25) is 0 Å². The fourth-order valence-corrected chi connectivity index (χ4v) is 1.22. The minimum absolute atomic E-state index is 0.759. The van der Waals surface area contributed by atoms with Gasteiger partial charge in [-0.2, -0.15) is 0 Å². The molecule has 0 saturated carbocycles. The Bertz CT molecular complexity index is 109. The molecule has 0 aliphatic rings. The predicted octanol–water partition coefficient (Wildman–Crippen LogP) is 3.63. The lowest BCUT2D eigenvalue weighted by atomic mass is 9.88. The largest absolute Gasteiger partial charge is 0.0882 e. The van der Waals surface area contributed by atoms with Gasteiger partial charge in [0.15, 0.2) is 0 Å². The van der Waals surface area contributed by atoms with Gasteiger partial charge in [-0.05, 0) is 25.2 Å². The molecule has 0 radical (unpaired) electrons. The summed E-state index contributed by atoms with van der Waals surface area (Å²) in [6, 6.07) is 0. The van der Waals surface area contributed by atoms with Crippen LogP contribution in [0.1, 0.15) is 41.0 Å². The van der Waals surface area contributed by atoms with Gasteiger partial charge >= 0.3 is 0 Å². The van der Waals surface area contributed by atoms with Crippen LogP contribution in [0.2, 0.25) is 0 Å². The molecule has 0 amide bonds. The monoisotopic (exact) mass is 140 g/mol. The van der Waals surface area contributed by atoms with E-state index in [9.17, 15) is 0 Å². The van der Waals surface area contributed by atoms with E-state index in [1.54, 1.807) is 5.57 Å². The molecule has 0 nitrogen and oxygen atoms in total. The normalized spacial score (nSPS) is 16.0. The Balaban J connectivity index is 4.03. The molecule has 10 heavy (non-hydrogen) atoms. The Labute approximate surface area is 65.3 Å². The molecule has 0 rings (SSSR count). The lowest BCUT2D eigenvalue weighted by molar-refractivity contribution is 0.469. The van der Waals surface area contributed by atoms with Gasteiger partial charge in [0, 0.05) is 0 Å². The molecule has 0 aromatic heterocycles. The molecule has 60 valence electrons. The quantitative estimate of drug-likeness (QED) is 0.525. The first kappa shape index (κ1) is 9.74. The van der Waals surface area contributed by atoms with Gasteiger partial charge in [-0.1, -0.05) is 39.3 Å². The summed E-state index contributed by atoms with van der Waals surface area (Å²) >= 11 is 0. The minimum atomic E-state index is 0.759. The van der Waals surface area contributed by atoms with Crippen molar-refractivity contribution in [2.45, 2.75) is 41.0 Å².